The van der Waals surface area contributed by atoms with Crippen LogP contribution in [0.5, 0.6) is 5.75 Å². The van der Waals surface area contributed by atoms with E-state index in [2.05, 4.69) is 55.5 Å². The lowest BCUT2D eigenvalue weighted by molar-refractivity contribution is 0.0598. The molecule has 2 aromatic carbocycles. The lowest BCUT2D eigenvalue weighted by Gasteiger charge is -2.49. The van der Waals surface area contributed by atoms with Gasteiger partial charge in [0, 0.05) is 0 Å². The molecule has 0 spiro atoms. The van der Waals surface area contributed by atoms with Crippen molar-refractivity contribution >= 4 is 0 Å². The summed E-state index contributed by atoms with van der Waals surface area (Å²) in [7, 11) is 0. The van der Waals surface area contributed by atoms with E-state index < -0.39 is 0 Å². The number of ether oxygens (including phenoxy) is 1. The van der Waals surface area contributed by atoms with Crippen molar-refractivity contribution in [3.05, 3.63) is 65.2 Å². The largest absolute Gasteiger partial charge is 0.489 e. The molecule has 26 heavy (non-hydrogen) atoms. The molecule has 0 amide bonds. The number of hydrogen-bond donors (Lipinski definition) is 0. The van der Waals surface area contributed by atoms with Crippen LogP contribution in [0.25, 0.3) is 0 Å². The summed E-state index contributed by atoms with van der Waals surface area (Å²) in [5.74, 6) is 3.74. The third kappa shape index (κ3) is 2.76. The molecular formula is C25H30O. The molecule has 0 radical (unpaired) electrons. The second kappa shape index (κ2) is 6.44. The van der Waals surface area contributed by atoms with Crippen LogP contribution in [0.15, 0.2) is 48.5 Å². The molecule has 1 nitrogen and oxygen atoms in total. The first kappa shape index (κ1) is 16.4. The first-order valence-electron chi connectivity index (χ1n) is 10.5. The minimum Gasteiger partial charge on any atom is -0.489 e. The van der Waals surface area contributed by atoms with E-state index in [1.807, 2.05) is 0 Å². The standard InChI is InChI=1S/C25H30O/c1-25-14-5-8-24(25)23-11-9-19-16-20(10-12-21(19)22(23)13-15-25)26-17-18-6-3-2-4-7-18/h2-4,6-7,10,12,16,22-24H,5,8-9,11,13-15,17H2,1H3. The predicted octanol–water partition coefficient (Wildman–Crippen LogP) is 6.51. The van der Waals surface area contributed by atoms with Crippen molar-refractivity contribution in [2.24, 2.45) is 17.3 Å². The van der Waals surface area contributed by atoms with Crippen molar-refractivity contribution in [2.45, 2.75) is 64.4 Å². The maximum atomic E-state index is 6.08. The highest BCUT2D eigenvalue weighted by Crippen LogP contribution is 2.60. The molecule has 0 saturated heterocycles. The van der Waals surface area contributed by atoms with Crippen LogP contribution in [-0.4, -0.2) is 0 Å². The summed E-state index contributed by atoms with van der Waals surface area (Å²) in [5, 5.41) is 0. The van der Waals surface area contributed by atoms with E-state index in [-0.39, 0.29) is 0 Å². The zero-order valence-electron chi connectivity index (χ0n) is 15.9. The highest BCUT2D eigenvalue weighted by atomic mass is 16.5. The zero-order valence-corrected chi connectivity index (χ0v) is 15.9. The Hall–Kier alpha value is -1.76. The molecule has 4 atom stereocenters. The normalized spacial score (nSPS) is 32.4. The number of rotatable bonds is 3. The van der Waals surface area contributed by atoms with Gasteiger partial charge in [0.25, 0.3) is 0 Å². The van der Waals surface area contributed by atoms with Crippen molar-refractivity contribution in [3.63, 3.8) is 0 Å². The van der Waals surface area contributed by atoms with Gasteiger partial charge in [-0.1, -0.05) is 49.7 Å². The van der Waals surface area contributed by atoms with Crippen LogP contribution < -0.4 is 4.74 Å². The number of benzene rings is 2. The molecule has 1 heteroatoms. The van der Waals surface area contributed by atoms with Crippen LogP contribution >= 0.6 is 0 Å². The van der Waals surface area contributed by atoms with E-state index in [1.54, 1.807) is 11.1 Å². The minimum absolute atomic E-state index is 0.650. The number of aryl methyl sites for hydroxylation is 1. The average Bonchev–Trinajstić information content (AvgIpc) is 3.08. The monoisotopic (exact) mass is 346 g/mol. The molecule has 4 unspecified atom stereocenters. The molecule has 2 aromatic rings. The summed E-state index contributed by atoms with van der Waals surface area (Å²) in [6.07, 6.45) is 9.87. The van der Waals surface area contributed by atoms with E-state index in [1.165, 1.54) is 50.5 Å². The second-order valence-corrected chi connectivity index (χ2v) is 9.14. The van der Waals surface area contributed by atoms with Crippen molar-refractivity contribution in [3.8, 4) is 5.75 Å². The molecule has 0 N–H and O–H groups in total. The molecule has 0 bridgehead atoms. The van der Waals surface area contributed by atoms with E-state index >= 15 is 0 Å². The lowest BCUT2D eigenvalue weighted by atomic mass is 9.56. The van der Waals surface area contributed by atoms with Gasteiger partial charge >= 0.3 is 0 Å². The van der Waals surface area contributed by atoms with Crippen LogP contribution in [0.3, 0.4) is 0 Å². The molecule has 0 aliphatic heterocycles. The summed E-state index contributed by atoms with van der Waals surface area (Å²) >= 11 is 0. The van der Waals surface area contributed by atoms with Gasteiger partial charge in [0.15, 0.2) is 0 Å². The first-order valence-corrected chi connectivity index (χ1v) is 10.5. The Labute approximate surface area is 157 Å². The fraction of sp³-hybridized carbons (Fsp3) is 0.520. The zero-order chi connectivity index (χ0) is 17.6. The Bertz CT molecular complexity index is 780. The van der Waals surface area contributed by atoms with Gasteiger partial charge < -0.3 is 4.74 Å². The maximum Gasteiger partial charge on any atom is 0.120 e. The summed E-state index contributed by atoms with van der Waals surface area (Å²) < 4.78 is 6.08. The van der Waals surface area contributed by atoms with E-state index in [9.17, 15) is 0 Å². The molecule has 2 fully saturated rings. The van der Waals surface area contributed by atoms with Crippen LogP contribution in [0.4, 0.5) is 0 Å². The SMILES string of the molecule is CC12CCCC1C1CCc3cc(OCc4ccccc4)ccc3C1CC2. The summed E-state index contributed by atoms with van der Waals surface area (Å²) in [6.45, 7) is 3.24. The molecular weight excluding hydrogens is 316 g/mol. The van der Waals surface area contributed by atoms with Gasteiger partial charge in [-0.3, -0.25) is 0 Å². The van der Waals surface area contributed by atoms with Crippen LogP contribution in [0, 0.1) is 17.3 Å². The maximum absolute atomic E-state index is 6.08. The molecule has 5 rings (SSSR count). The fourth-order valence-electron chi connectivity index (χ4n) is 6.38. The Morgan fingerprint density at radius 1 is 1.00 bits per heavy atom. The van der Waals surface area contributed by atoms with Crippen LogP contribution in [0.1, 0.15) is 68.1 Å². The van der Waals surface area contributed by atoms with Crippen molar-refractivity contribution in [2.75, 3.05) is 0 Å². The van der Waals surface area contributed by atoms with E-state index in [0.717, 1.165) is 23.5 Å². The molecule has 0 aromatic heterocycles. The van der Waals surface area contributed by atoms with Gasteiger partial charge in [-0.05, 0) is 90.5 Å². The Morgan fingerprint density at radius 3 is 2.77 bits per heavy atom. The average molecular weight is 347 g/mol. The lowest BCUT2D eigenvalue weighted by Crippen LogP contribution is -2.39. The minimum atomic E-state index is 0.650. The Morgan fingerprint density at radius 2 is 1.88 bits per heavy atom. The molecule has 2 saturated carbocycles. The first-order chi connectivity index (χ1) is 12.7. The fourth-order valence-corrected chi connectivity index (χ4v) is 6.38. The summed E-state index contributed by atoms with van der Waals surface area (Å²) in [4.78, 5) is 0. The summed E-state index contributed by atoms with van der Waals surface area (Å²) in [5.41, 5.74) is 5.08. The number of hydrogen-bond acceptors (Lipinski definition) is 1. The Kier molecular flexibility index (Phi) is 4.07. The van der Waals surface area contributed by atoms with Gasteiger partial charge in [-0.25, -0.2) is 0 Å². The van der Waals surface area contributed by atoms with Crippen molar-refractivity contribution in [1.29, 1.82) is 0 Å². The van der Waals surface area contributed by atoms with Crippen LogP contribution in [0.2, 0.25) is 0 Å². The third-order valence-electron chi connectivity index (χ3n) is 7.73. The molecule has 0 heterocycles. The topological polar surface area (TPSA) is 9.23 Å². The van der Waals surface area contributed by atoms with Gasteiger partial charge in [-0.15, -0.1) is 0 Å². The molecule has 3 aliphatic rings. The number of fused-ring (bicyclic) bond motifs is 5. The second-order valence-electron chi connectivity index (χ2n) is 9.14. The smallest absolute Gasteiger partial charge is 0.120 e. The Balaban J connectivity index is 1.34. The van der Waals surface area contributed by atoms with Gasteiger partial charge in [-0.2, -0.15) is 0 Å². The van der Waals surface area contributed by atoms with E-state index in [0.29, 0.717) is 12.0 Å². The third-order valence-corrected chi connectivity index (χ3v) is 7.73. The van der Waals surface area contributed by atoms with Crippen molar-refractivity contribution < 1.29 is 4.74 Å². The van der Waals surface area contributed by atoms with Gasteiger partial charge in [0.05, 0.1) is 0 Å². The summed E-state index contributed by atoms with van der Waals surface area (Å²) in [6, 6.07) is 17.4. The van der Waals surface area contributed by atoms with Crippen LogP contribution in [-0.2, 0) is 13.0 Å². The van der Waals surface area contributed by atoms with Gasteiger partial charge in [0.2, 0.25) is 0 Å². The van der Waals surface area contributed by atoms with Crippen molar-refractivity contribution in [1.82, 2.24) is 0 Å². The predicted molar refractivity (Wildman–Crippen MR) is 106 cm³/mol. The molecule has 3 aliphatic carbocycles. The highest BCUT2D eigenvalue weighted by molar-refractivity contribution is 5.40. The van der Waals surface area contributed by atoms with Gasteiger partial charge in [0.1, 0.15) is 12.4 Å². The quantitative estimate of drug-likeness (QED) is 0.615. The van der Waals surface area contributed by atoms with E-state index in [4.69, 9.17) is 4.74 Å². The highest BCUT2D eigenvalue weighted by Gasteiger charge is 2.50. The molecule has 136 valence electrons.